The summed E-state index contributed by atoms with van der Waals surface area (Å²) in [6, 6.07) is 11.2. The molecule has 0 spiro atoms. The van der Waals surface area contributed by atoms with Gasteiger partial charge >= 0.3 is 6.03 Å². The third kappa shape index (κ3) is 5.48. The summed E-state index contributed by atoms with van der Waals surface area (Å²) in [5.74, 6) is 0.693. The van der Waals surface area contributed by atoms with Crippen LogP contribution in [-0.2, 0) is 4.79 Å². The van der Waals surface area contributed by atoms with Gasteiger partial charge in [0.25, 0.3) is 5.91 Å². The lowest BCUT2D eigenvalue weighted by Crippen LogP contribution is -2.30. The Kier molecular flexibility index (Phi) is 6.89. The van der Waals surface area contributed by atoms with Crippen molar-refractivity contribution >= 4 is 40.4 Å². The van der Waals surface area contributed by atoms with Crippen molar-refractivity contribution in [2.45, 2.75) is 19.3 Å². The minimum Gasteiger partial charge on any atom is -0.357 e. The van der Waals surface area contributed by atoms with Gasteiger partial charge in [0.05, 0.1) is 35.0 Å². The summed E-state index contributed by atoms with van der Waals surface area (Å²) < 4.78 is 0. The molecule has 1 fully saturated rings. The predicted molar refractivity (Wildman–Crippen MR) is 146 cm³/mol. The van der Waals surface area contributed by atoms with Crippen LogP contribution < -0.4 is 26.4 Å². The fourth-order valence-electron chi connectivity index (χ4n) is 4.38. The summed E-state index contributed by atoms with van der Waals surface area (Å²) in [7, 11) is 3.35. The Hall–Kier alpha value is -4.60. The number of amides is 3. The molecule has 0 radical (unpaired) electrons. The number of pyridine rings is 2. The lowest BCUT2D eigenvalue weighted by molar-refractivity contribution is -0.111. The van der Waals surface area contributed by atoms with Gasteiger partial charge in [-0.15, -0.1) is 0 Å². The van der Waals surface area contributed by atoms with Gasteiger partial charge in [-0.05, 0) is 55.2 Å². The molecule has 1 aromatic carbocycles. The van der Waals surface area contributed by atoms with Crippen molar-refractivity contribution in [2.75, 3.05) is 48.1 Å². The number of carbonyl (C=O) groups excluding carboxylic acids is 2. The topological polar surface area (TPSA) is 115 Å². The van der Waals surface area contributed by atoms with Crippen molar-refractivity contribution in [1.29, 1.82) is 0 Å². The highest BCUT2D eigenvalue weighted by molar-refractivity contribution is 6.26. The smallest absolute Gasteiger partial charge is 0.321 e. The molecule has 2 aliphatic heterocycles. The summed E-state index contributed by atoms with van der Waals surface area (Å²) in [5.41, 5.74) is 10.9. The number of piperidine rings is 1. The molecule has 0 aliphatic carbocycles. The van der Waals surface area contributed by atoms with Crippen LogP contribution in [-0.4, -0.2) is 54.0 Å². The molecule has 10 heteroatoms. The number of hydrogen-bond acceptors (Lipinski definition) is 7. The minimum absolute atomic E-state index is 0.236. The van der Waals surface area contributed by atoms with Gasteiger partial charge in [-0.3, -0.25) is 9.78 Å². The summed E-state index contributed by atoms with van der Waals surface area (Å²) in [5, 5.41) is 5.77. The summed E-state index contributed by atoms with van der Waals surface area (Å²) >= 11 is 0. The Labute approximate surface area is 215 Å². The van der Waals surface area contributed by atoms with E-state index < -0.39 is 0 Å². The van der Waals surface area contributed by atoms with Crippen LogP contribution in [0, 0.1) is 0 Å². The van der Waals surface area contributed by atoms with Crippen molar-refractivity contribution in [3.63, 3.8) is 0 Å². The largest absolute Gasteiger partial charge is 0.357 e. The lowest BCUT2D eigenvalue weighted by atomic mass is 9.97. The zero-order valence-corrected chi connectivity index (χ0v) is 20.9. The maximum absolute atomic E-state index is 13.3. The molecule has 3 aromatic rings. The number of fused-ring (bicyclic) bond motifs is 1. The molecule has 190 valence electrons. The van der Waals surface area contributed by atoms with Gasteiger partial charge in [-0.25, -0.2) is 9.78 Å². The number of hydrazine groups is 1. The Morgan fingerprint density at radius 3 is 2.51 bits per heavy atom. The number of aromatic nitrogens is 2. The molecule has 37 heavy (non-hydrogen) atoms. The van der Waals surface area contributed by atoms with E-state index in [1.54, 1.807) is 38.9 Å². The highest BCUT2D eigenvalue weighted by Crippen LogP contribution is 2.32. The van der Waals surface area contributed by atoms with Crippen LogP contribution in [0.2, 0.25) is 0 Å². The number of anilines is 4. The molecule has 3 amide bonds. The molecule has 2 aromatic heterocycles. The number of nitrogens with one attached hydrogen (secondary N) is 4. The molecule has 0 bridgehead atoms. The van der Waals surface area contributed by atoms with Crippen molar-refractivity contribution in [1.82, 2.24) is 20.3 Å². The number of carbonyl (C=O) groups is 2. The molecule has 1 saturated heterocycles. The van der Waals surface area contributed by atoms with Gasteiger partial charge < -0.3 is 31.3 Å². The fraction of sp³-hybridized carbons (Fsp3) is 0.259. The van der Waals surface area contributed by atoms with Gasteiger partial charge in [0, 0.05) is 50.7 Å². The maximum atomic E-state index is 13.3. The number of hydrogen-bond donors (Lipinski definition) is 4. The van der Waals surface area contributed by atoms with Crippen LogP contribution in [0.1, 0.15) is 24.8 Å². The van der Waals surface area contributed by atoms with E-state index in [-0.39, 0.29) is 11.9 Å². The predicted octanol–water partition coefficient (Wildman–Crippen LogP) is 4.14. The zero-order chi connectivity index (χ0) is 25.8. The SMILES string of the molecule is CN(C)C(=O)Nc1cncc(-c2ccc3c(c2)C(C(=O)Nc2ccc(N4CCCCC4)nc2)=CNN3)c1. The van der Waals surface area contributed by atoms with Crippen LogP contribution in [0.3, 0.4) is 0 Å². The van der Waals surface area contributed by atoms with Gasteiger partial charge in [-0.1, -0.05) is 6.07 Å². The van der Waals surface area contributed by atoms with E-state index in [0.717, 1.165) is 41.3 Å². The third-order valence-corrected chi connectivity index (χ3v) is 6.39. The first kappa shape index (κ1) is 24.1. The number of urea groups is 1. The molecular weight excluding hydrogens is 468 g/mol. The van der Waals surface area contributed by atoms with E-state index in [0.29, 0.717) is 16.9 Å². The molecule has 0 atom stereocenters. The molecule has 4 heterocycles. The third-order valence-electron chi connectivity index (χ3n) is 6.39. The highest BCUT2D eigenvalue weighted by Gasteiger charge is 2.21. The van der Waals surface area contributed by atoms with Crippen LogP contribution >= 0.6 is 0 Å². The Balaban J connectivity index is 1.34. The van der Waals surface area contributed by atoms with Gasteiger partial charge in [0.2, 0.25) is 0 Å². The molecule has 0 unspecified atom stereocenters. The second kappa shape index (κ2) is 10.6. The molecule has 10 nitrogen and oxygen atoms in total. The summed E-state index contributed by atoms with van der Waals surface area (Å²) in [6.45, 7) is 2.04. The molecule has 0 saturated carbocycles. The second-order valence-corrected chi connectivity index (χ2v) is 9.28. The fourth-order valence-corrected chi connectivity index (χ4v) is 4.38. The molecular formula is C27H30N8O2. The van der Waals surface area contributed by atoms with Crippen molar-refractivity contribution in [3.8, 4) is 11.1 Å². The summed E-state index contributed by atoms with van der Waals surface area (Å²) in [4.78, 5) is 37.9. The Morgan fingerprint density at radius 1 is 0.919 bits per heavy atom. The standard InChI is InChI=1S/C27H30N8O2/c1-34(2)27(37)32-21-12-19(14-28-15-21)18-6-8-24-22(13-18)23(17-30-33-24)26(36)31-20-7-9-25(29-16-20)35-10-4-3-5-11-35/h6-9,12-17,30,33H,3-5,10-11H2,1-2H3,(H,31,36)(H,32,37). The average Bonchev–Trinajstić information content (AvgIpc) is 2.93. The van der Waals surface area contributed by atoms with Crippen LogP contribution in [0.5, 0.6) is 0 Å². The first-order chi connectivity index (χ1) is 18.0. The van der Waals surface area contributed by atoms with E-state index in [9.17, 15) is 9.59 Å². The second-order valence-electron chi connectivity index (χ2n) is 9.28. The van der Waals surface area contributed by atoms with E-state index >= 15 is 0 Å². The van der Waals surface area contributed by atoms with Crippen LogP contribution in [0.25, 0.3) is 16.7 Å². The van der Waals surface area contributed by atoms with Gasteiger partial charge in [0.15, 0.2) is 0 Å². The summed E-state index contributed by atoms with van der Waals surface area (Å²) in [6.07, 6.45) is 10.3. The average molecular weight is 499 g/mol. The maximum Gasteiger partial charge on any atom is 0.321 e. The van der Waals surface area contributed by atoms with Crippen molar-refractivity contribution in [3.05, 3.63) is 66.8 Å². The van der Waals surface area contributed by atoms with E-state index in [1.807, 2.05) is 36.4 Å². The Bertz CT molecular complexity index is 1330. The van der Waals surface area contributed by atoms with Crippen LogP contribution in [0.4, 0.5) is 27.7 Å². The molecule has 4 N–H and O–H groups in total. The monoisotopic (exact) mass is 498 g/mol. The first-order valence-electron chi connectivity index (χ1n) is 12.3. The van der Waals surface area contributed by atoms with Crippen molar-refractivity contribution < 1.29 is 9.59 Å². The number of benzene rings is 1. The van der Waals surface area contributed by atoms with Gasteiger partial charge in [-0.2, -0.15) is 0 Å². The van der Waals surface area contributed by atoms with Crippen molar-refractivity contribution in [2.24, 2.45) is 0 Å². The number of rotatable bonds is 5. The first-order valence-corrected chi connectivity index (χ1v) is 12.3. The minimum atomic E-state index is -0.245. The quantitative estimate of drug-likeness (QED) is 0.418. The van der Waals surface area contributed by atoms with Gasteiger partial charge in [0.1, 0.15) is 5.82 Å². The zero-order valence-electron chi connectivity index (χ0n) is 20.9. The highest BCUT2D eigenvalue weighted by atomic mass is 16.2. The Morgan fingerprint density at radius 2 is 1.76 bits per heavy atom. The van der Waals surface area contributed by atoms with E-state index in [2.05, 4.69) is 36.4 Å². The van der Waals surface area contributed by atoms with Crippen LogP contribution in [0.15, 0.2) is 61.2 Å². The van der Waals surface area contributed by atoms with E-state index in [1.165, 1.54) is 24.2 Å². The molecule has 5 rings (SSSR count). The number of nitrogens with zero attached hydrogens (tertiary/aromatic N) is 4. The van der Waals surface area contributed by atoms with E-state index in [4.69, 9.17) is 0 Å². The molecule has 2 aliphatic rings. The lowest BCUT2D eigenvalue weighted by Gasteiger charge is -2.27. The normalized spacial score (nSPS) is 14.4.